The van der Waals surface area contributed by atoms with Crippen molar-refractivity contribution in [3.63, 3.8) is 0 Å². The number of carbonyl (C=O) groups is 1. The molecule has 0 radical (unpaired) electrons. The van der Waals surface area contributed by atoms with Crippen LogP contribution in [0.4, 0.5) is 28.4 Å². The summed E-state index contributed by atoms with van der Waals surface area (Å²) in [5, 5.41) is 17.1. The summed E-state index contributed by atoms with van der Waals surface area (Å²) in [5.74, 6) is -0.318. The van der Waals surface area contributed by atoms with E-state index in [1.54, 1.807) is 24.3 Å². The quantitative estimate of drug-likeness (QED) is 0.165. The third kappa shape index (κ3) is 7.33. The second-order valence-corrected chi connectivity index (χ2v) is 7.64. The summed E-state index contributed by atoms with van der Waals surface area (Å²) in [7, 11) is 0. The summed E-state index contributed by atoms with van der Waals surface area (Å²) in [6, 6.07) is 22.3. The van der Waals surface area contributed by atoms with Crippen LogP contribution in [0.3, 0.4) is 0 Å². The Labute approximate surface area is 201 Å². The lowest BCUT2D eigenvalue weighted by atomic mass is 10.2. The van der Waals surface area contributed by atoms with Gasteiger partial charge in [-0.25, -0.2) is 4.79 Å². The van der Waals surface area contributed by atoms with Gasteiger partial charge in [-0.15, -0.1) is 0 Å². The van der Waals surface area contributed by atoms with Crippen molar-refractivity contribution >= 4 is 34.4 Å². The van der Waals surface area contributed by atoms with Gasteiger partial charge in [0.25, 0.3) is 0 Å². The van der Waals surface area contributed by atoms with E-state index in [0.29, 0.717) is 23.5 Å². The molecule has 0 atom stereocenters. The van der Waals surface area contributed by atoms with E-state index in [0.717, 1.165) is 37.3 Å². The molecule has 0 fully saturated rings. The highest BCUT2D eigenvalue weighted by Gasteiger charge is 2.06. The van der Waals surface area contributed by atoms with Gasteiger partial charge in [0.1, 0.15) is 0 Å². The Hall–Kier alpha value is -3.87. The number of anilines is 1. The summed E-state index contributed by atoms with van der Waals surface area (Å²) >= 11 is 0. The Morgan fingerprint density at radius 1 is 0.676 bits per heavy atom. The van der Waals surface area contributed by atoms with Gasteiger partial charge in [-0.05, 0) is 93.1 Å². The van der Waals surface area contributed by atoms with E-state index in [1.807, 2.05) is 36.4 Å². The molecular formula is C27H31N5O2. The van der Waals surface area contributed by atoms with Crippen LogP contribution in [0.1, 0.15) is 44.0 Å². The molecule has 3 aromatic carbocycles. The third-order valence-corrected chi connectivity index (χ3v) is 5.22. The first kappa shape index (κ1) is 24.8. The monoisotopic (exact) mass is 457 g/mol. The number of esters is 1. The number of benzene rings is 3. The van der Waals surface area contributed by atoms with Gasteiger partial charge in [-0.3, -0.25) is 0 Å². The number of azo groups is 2. The van der Waals surface area contributed by atoms with Crippen molar-refractivity contribution in [2.24, 2.45) is 20.5 Å². The zero-order valence-electron chi connectivity index (χ0n) is 20.0. The fourth-order valence-electron chi connectivity index (χ4n) is 3.19. The third-order valence-electron chi connectivity index (χ3n) is 5.22. The lowest BCUT2D eigenvalue weighted by Crippen LogP contribution is -2.21. The number of hydrogen-bond acceptors (Lipinski definition) is 7. The van der Waals surface area contributed by atoms with E-state index in [1.165, 1.54) is 5.69 Å². The van der Waals surface area contributed by atoms with Gasteiger partial charge in [-0.2, -0.15) is 20.5 Å². The highest BCUT2D eigenvalue weighted by atomic mass is 16.5. The van der Waals surface area contributed by atoms with Gasteiger partial charge in [0.05, 0.1) is 34.9 Å². The van der Waals surface area contributed by atoms with Crippen molar-refractivity contribution < 1.29 is 9.53 Å². The van der Waals surface area contributed by atoms with Crippen LogP contribution in [0.15, 0.2) is 93.3 Å². The average molecular weight is 458 g/mol. The Bertz CT molecular complexity index is 1090. The Balaban J connectivity index is 1.55. The molecule has 0 spiro atoms. The van der Waals surface area contributed by atoms with Gasteiger partial charge in [0.2, 0.25) is 0 Å². The maximum Gasteiger partial charge on any atom is 0.338 e. The fraction of sp³-hybridized carbons (Fsp3) is 0.296. The van der Waals surface area contributed by atoms with Crippen molar-refractivity contribution in [3.8, 4) is 0 Å². The molecule has 0 aliphatic rings. The molecular weight excluding hydrogens is 426 g/mol. The lowest BCUT2D eigenvalue weighted by Gasteiger charge is -2.20. The summed E-state index contributed by atoms with van der Waals surface area (Å²) in [6.45, 7) is 8.72. The van der Waals surface area contributed by atoms with E-state index >= 15 is 0 Å². The first-order valence-corrected chi connectivity index (χ1v) is 11.7. The molecule has 7 heteroatoms. The molecule has 0 saturated carbocycles. The smallest absolute Gasteiger partial charge is 0.338 e. The van der Waals surface area contributed by atoms with Crippen molar-refractivity contribution in [2.75, 3.05) is 24.6 Å². The highest BCUT2D eigenvalue weighted by molar-refractivity contribution is 5.89. The minimum atomic E-state index is -0.318. The van der Waals surface area contributed by atoms with E-state index < -0.39 is 0 Å². The van der Waals surface area contributed by atoms with Crippen LogP contribution in [0.25, 0.3) is 0 Å². The zero-order chi connectivity index (χ0) is 24.2. The van der Waals surface area contributed by atoms with Crippen LogP contribution >= 0.6 is 0 Å². The van der Waals surface area contributed by atoms with E-state index in [9.17, 15) is 4.79 Å². The maximum absolute atomic E-state index is 12.0. The number of unbranched alkanes of at least 4 members (excludes halogenated alkanes) is 1. The Morgan fingerprint density at radius 3 is 1.50 bits per heavy atom. The summed E-state index contributed by atoms with van der Waals surface area (Å²) in [4.78, 5) is 14.2. The normalized spacial score (nSPS) is 11.3. The number of nitrogens with zero attached hydrogens (tertiary/aromatic N) is 5. The molecule has 0 aliphatic carbocycles. The molecule has 0 N–H and O–H groups in total. The zero-order valence-corrected chi connectivity index (χ0v) is 20.0. The standard InChI is InChI=1S/C27H31N5O2/c1-4-7-20-34-27(33)21-8-10-22(11-9-21)28-29-23-12-14-24(15-13-23)30-31-25-16-18-26(19-17-25)32(5-2)6-3/h8-19H,4-7,20H2,1-3H3. The lowest BCUT2D eigenvalue weighted by molar-refractivity contribution is 0.0500. The van der Waals surface area contributed by atoms with Crippen LogP contribution in [0.2, 0.25) is 0 Å². The summed E-state index contributed by atoms with van der Waals surface area (Å²) < 4.78 is 5.21. The van der Waals surface area contributed by atoms with Crippen LogP contribution in [0.5, 0.6) is 0 Å². The first-order valence-electron chi connectivity index (χ1n) is 11.7. The number of ether oxygens (including phenoxy) is 1. The minimum Gasteiger partial charge on any atom is -0.462 e. The largest absolute Gasteiger partial charge is 0.462 e. The molecule has 3 rings (SSSR count). The summed E-state index contributed by atoms with van der Waals surface area (Å²) in [6.07, 6.45) is 1.85. The van der Waals surface area contributed by atoms with Crippen molar-refractivity contribution in [1.82, 2.24) is 0 Å². The van der Waals surface area contributed by atoms with E-state index in [-0.39, 0.29) is 5.97 Å². The van der Waals surface area contributed by atoms with Gasteiger partial charge < -0.3 is 9.64 Å². The molecule has 0 saturated heterocycles. The number of hydrogen-bond donors (Lipinski definition) is 0. The molecule has 176 valence electrons. The van der Waals surface area contributed by atoms with Gasteiger partial charge in [0.15, 0.2) is 0 Å². The molecule has 0 bridgehead atoms. The maximum atomic E-state index is 12.0. The average Bonchev–Trinajstić information content (AvgIpc) is 2.88. The molecule has 0 aliphatic heterocycles. The molecule has 34 heavy (non-hydrogen) atoms. The highest BCUT2D eigenvalue weighted by Crippen LogP contribution is 2.25. The molecule has 0 heterocycles. The molecule has 0 aromatic heterocycles. The van der Waals surface area contributed by atoms with Crippen LogP contribution in [-0.2, 0) is 4.74 Å². The van der Waals surface area contributed by atoms with Gasteiger partial charge in [-0.1, -0.05) is 13.3 Å². The molecule has 7 nitrogen and oxygen atoms in total. The van der Waals surface area contributed by atoms with Crippen molar-refractivity contribution in [3.05, 3.63) is 78.4 Å². The molecule has 3 aromatic rings. The second-order valence-electron chi connectivity index (χ2n) is 7.64. The van der Waals surface area contributed by atoms with Crippen LogP contribution < -0.4 is 4.90 Å². The SMILES string of the molecule is CCCCOC(=O)c1ccc(N=Nc2ccc(N=Nc3ccc(N(CC)CC)cc3)cc2)cc1. The molecule has 0 amide bonds. The van der Waals surface area contributed by atoms with Crippen molar-refractivity contribution in [1.29, 1.82) is 0 Å². The van der Waals surface area contributed by atoms with Gasteiger partial charge >= 0.3 is 5.97 Å². The number of carbonyl (C=O) groups excluding carboxylic acids is 1. The van der Waals surface area contributed by atoms with Gasteiger partial charge in [0, 0.05) is 18.8 Å². The van der Waals surface area contributed by atoms with E-state index in [4.69, 9.17) is 4.74 Å². The van der Waals surface area contributed by atoms with Crippen molar-refractivity contribution in [2.45, 2.75) is 33.6 Å². The first-order chi connectivity index (χ1) is 16.6. The van der Waals surface area contributed by atoms with Crippen LogP contribution in [0, 0.1) is 0 Å². The predicted octanol–water partition coefficient (Wildman–Crippen LogP) is 8.32. The minimum absolute atomic E-state index is 0.318. The predicted molar refractivity (Wildman–Crippen MR) is 136 cm³/mol. The Morgan fingerprint density at radius 2 is 1.09 bits per heavy atom. The van der Waals surface area contributed by atoms with E-state index in [2.05, 4.69) is 58.3 Å². The topological polar surface area (TPSA) is 79.0 Å². The fourth-order valence-corrected chi connectivity index (χ4v) is 3.19. The Kier molecular flexibility index (Phi) is 9.46. The number of rotatable bonds is 11. The second kappa shape index (κ2) is 13.0. The molecule has 0 unspecified atom stereocenters. The summed E-state index contributed by atoms with van der Waals surface area (Å²) in [5.41, 5.74) is 4.58. The van der Waals surface area contributed by atoms with Crippen LogP contribution in [-0.4, -0.2) is 25.7 Å².